The van der Waals surface area contributed by atoms with E-state index in [9.17, 15) is 10.1 Å². The molecule has 0 aliphatic heterocycles. The molecule has 2 heterocycles. The summed E-state index contributed by atoms with van der Waals surface area (Å²) >= 11 is 5.81. The average Bonchev–Trinajstić information content (AvgIpc) is 2.88. The second-order valence-electron chi connectivity index (χ2n) is 4.21. The summed E-state index contributed by atoms with van der Waals surface area (Å²) in [4.78, 5) is 25.0. The first kappa shape index (κ1) is 13.3. The van der Waals surface area contributed by atoms with Crippen molar-refractivity contribution >= 4 is 28.5 Å². The maximum Gasteiger partial charge on any atom is 0.269 e. The van der Waals surface area contributed by atoms with Gasteiger partial charge in [-0.2, -0.15) is 9.97 Å². The van der Waals surface area contributed by atoms with Crippen molar-refractivity contribution in [3.8, 4) is 11.6 Å². The molecule has 0 radical (unpaired) electrons. The summed E-state index contributed by atoms with van der Waals surface area (Å²) < 4.78 is 5.67. The number of imidazole rings is 1. The van der Waals surface area contributed by atoms with E-state index in [0.29, 0.717) is 22.5 Å². The highest BCUT2D eigenvalue weighted by Crippen LogP contribution is 2.30. The highest BCUT2D eigenvalue weighted by atomic mass is 35.5. The van der Waals surface area contributed by atoms with Gasteiger partial charge in [0.1, 0.15) is 11.3 Å². The van der Waals surface area contributed by atoms with Gasteiger partial charge in [0.2, 0.25) is 11.2 Å². The van der Waals surface area contributed by atoms with Crippen LogP contribution in [0.4, 0.5) is 5.69 Å². The molecule has 9 heteroatoms. The molecule has 0 fully saturated rings. The summed E-state index contributed by atoms with van der Waals surface area (Å²) in [6, 6.07) is 4.28. The van der Waals surface area contributed by atoms with Crippen LogP contribution in [0.2, 0.25) is 5.28 Å². The van der Waals surface area contributed by atoms with E-state index in [1.807, 2.05) is 0 Å². The maximum atomic E-state index is 10.7. The number of nitro groups is 1. The number of nitrogens with one attached hydrogen (secondary N) is 1. The van der Waals surface area contributed by atoms with Crippen LogP contribution in [0, 0.1) is 17.0 Å². The van der Waals surface area contributed by atoms with Crippen molar-refractivity contribution in [1.82, 2.24) is 19.9 Å². The van der Waals surface area contributed by atoms with E-state index in [1.165, 1.54) is 24.5 Å². The molecule has 0 aliphatic rings. The van der Waals surface area contributed by atoms with Crippen molar-refractivity contribution in [1.29, 1.82) is 0 Å². The second kappa shape index (κ2) is 4.98. The van der Waals surface area contributed by atoms with Crippen LogP contribution in [0.25, 0.3) is 11.2 Å². The standard InChI is InChI=1S/C12H8ClN5O3/c1-6-4-7(18(19)20)2-3-8(6)21-11-9-10(15-5-14-9)16-12(13)17-11/h2-5H,1H3,(H,14,15,16,17). The monoisotopic (exact) mass is 305 g/mol. The number of fused-ring (bicyclic) bond motifs is 1. The molecular formula is C12H8ClN5O3. The highest BCUT2D eigenvalue weighted by Gasteiger charge is 2.14. The Bertz CT molecular complexity index is 848. The Morgan fingerprint density at radius 2 is 2.19 bits per heavy atom. The van der Waals surface area contributed by atoms with E-state index in [1.54, 1.807) is 6.92 Å². The molecule has 3 aromatic rings. The molecule has 106 valence electrons. The number of nitro benzene ring substituents is 1. The highest BCUT2D eigenvalue weighted by molar-refractivity contribution is 6.28. The molecule has 0 amide bonds. The molecular weight excluding hydrogens is 298 g/mol. The predicted octanol–water partition coefficient (Wildman–Crippen LogP) is 3.02. The van der Waals surface area contributed by atoms with Gasteiger partial charge in [0.15, 0.2) is 5.65 Å². The number of ether oxygens (including phenoxy) is 1. The molecule has 0 saturated heterocycles. The van der Waals surface area contributed by atoms with Gasteiger partial charge < -0.3 is 9.72 Å². The number of rotatable bonds is 3. The largest absolute Gasteiger partial charge is 0.437 e. The smallest absolute Gasteiger partial charge is 0.269 e. The van der Waals surface area contributed by atoms with Gasteiger partial charge >= 0.3 is 0 Å². The molecule has 0 saturated carbocycles. The molecule has 1 aromatic carbocycles. The third kappa shape index (κ3) is 2.48. The first-order valence-electron chi connectivity index (χ1n) is 5.84. The van der Waals surface area contributed by atoms with Gasteiger partial charge in [0.05, 0.1) is 11.3 Å². The number of H-pyrrole nitrogens is 1. The Balaban J connectivity index is 2.02. The lowest BCUT2D eigenvalue weighted by Crippen LogP contribution is -1.95. The van der Waals surface area contributed by atoms with E-state index >= 15 is 0 Å². The van der Waals surface area contributed by atoms with E-state index in [4.69, 9.17) is 16.3 Å². The van der Waals surface area contributed by atoms with E-state index in [-0.39, 0.29) is 16.9 Å². The maximum absolute atomic E-state index is 10.7. The lowest BCUT2D eigenvalue weighted by molar-refractivity contribution is -0.384. The van der Waals surface area contributed by atoms with Crippen LogP contribution >= 0.6 is 11.6 Å². The summed E-state index contributed by atoms with van der Waals surface area (Å²) in [5.41, 5.74) is 1.47. The second-order valence-corrected chi connectivity index (χ2v) is 4.55. The van der Waals surface area contributed by atoms with Gasteiger partial charge in [-0.15, -0.1) is 0 Å². The van der Waals surface area contributed by atoms with E-state index < -0.39 is 4.92 Å². The van der Waals surface area contributed by atoms with Crippen molar-refractivity contribution in [3.05, 3.63) is 45.5 Å². The van der Waals surface area contributed by atoms with Crippen molar-refractivity contribution in [3.63, 3.8) is 0 Å². The van der Waals surface area contributed by atoms with Crippen molar-refractivity contribution in [2.45, 2.75) is 6.92 Å². The molecule has 0 atom stereocenters. The number of hydrogen-bond acceptors (Lipinski definition) is 6. The van der Waals surface area contributed by atoms with Crippen LogP contribution in [-0.4, -0.2) is 24.9 Å². The fourth-order valence-corrected chi connectivity index (χ4v) is 1.98. The number of aryl methyl sites for hydroxylation is 1. The zero-order valence-electron chi connectivity index (χ0n) is 10.7. The van der Waals surface area contributed by atoms with Crippen molar-refractivity contribution in [2.24, 2.45) is 0 Å². The Kier molecular flexibility index (Phi) is 3.15. The Morgan fingerprint density at radius 3 is 2.90 bits per heavy atom. The summed E-state index contributed by atoms with van der Waals surface area (Å²) in [6.07, 6.45) is 1.45. The molecule has 0 aliphatic carbocycles. The molecule has 1 N–H and O–H groups in total. The first-order chi connectivity index (χ1) is 10.0. The predicted molar refractivity (Wildman–Crippen MR) is 74.6 cm³/mol. The number of aromatic nitrogens is 4. The summed E-state index contributed by atoms with van der Waals surface area (Å²) in [6.45, 7) is 1.70. The zero-order valence-corrected chi connectivity index (χ0v) is 11.5. The van der Waals surface area contributed by atoms with Crippen LogP contribution in [0.15, 0.2) is 24.5 Å². The van der Waals surface area contributed by atoms with Crippen molar-refractivity contribution in [2.75, 3.05) is 0 Å². The summed E-state index contributed by atoms with van der Waals surface area (Å²) in [7, 11) is 0. The minimum atomic E-state index is -0.467. The first-order valence-corrected chi connectivity index (χ1v) is 6.22. The van der Waals surface area contributed by atoms with E-state index in [0.717, 1.165) is 0 Å². The van der Waals surface area contributed by atoms with Crippen LogP contribution < -0.4 is 4.74 Å². The molecule has 21 heavy (non-hydrogen) atoms. The average molecular weight is 306 g/mol. The minimum Gasteiger partial charge on any atom is -0.437 e. The van der Waals surface area contributed by atoms with Gasteiger partial charge in [-0.3, -0.25) is 10.1 Å². The number of halogens is 1. The van der Waals surface area contributed by atoms with Gasteiger partial charge in [0.25, 0.3) is 5.69 Å². The number of nitrogens with zero attached hydrogens (tertiary/aromatic N) is 4. The molecule has 0 unspecified atom stereocenters. The van der Waals surface area contributed by atoms with Crippen LogP contribution in [0.5, 0.6) is 11.6 Å². The van der Waals surface area contributed by atoms with E-state index in [2.05, 4.69) is 19.9 Å². The van der Waals surface area contributed by atoms with Gasteiger partial charge in [-0.25, -0.2) is 4.98 Å². The summed E-state index contributed by atoms with van der Waals surface area (Å²) in [5, 5.41) is 10.7. The lowest BCUT2D eigenvalue weighted by Gasteiger charge is -2.08. The lowest BCUT2D eigenvalue weighted by atomic mass is 10.2. The topological polar surface area (TPSA) is 107 Å². The van der Waals surface area contributed by atoms with Crippen molar-refractivity contribution < 1.29 is 9.66 Å². The minimum absolute atomic E-state index is 0.00386. The molecule has 0 spiro atoms. The molecule has 8 nitrogen and oxygen atoms in total. The number of non-ortho nitro benzene ring substituents is 1. The van der Waals surface area contributed by atoms with Crippen LogP contribution in [-0.2, 0) is 0 Å². The van der Waals surface area contributed by atoms with Crippen LogP contribution in [0.1, 0.15) is 5.56 Å². The van der Waals surface area contributed by atoms with Crippen LogP contribution in [0.3, 0.4) is 0 Å². The molecule has 2 aromatic heterocycles. The fraction of sp³-hybridized carbons (Fsp3) is 0.0833. The fourth-order valence-electron chi connectivity index (χ4n) is 1.82. The normalized spacial score (nSPS) is 10.8. The third-order valence-corrected chi connectivity index (χ3v) is 2.97. The number of benzene rings is 1. The molecule has 3 rings (SSSR count). The van der Waals surface area contributed by atoms with Gasteiger partial charge in [-0.05, 0) is 30.2 Å². The SMILES string of the molecule is Cc1cc([N+](=O)[O-])ccc1Oc1nc(Cl)nc2nc[nH]c12. The number of aromatic amines is 1. The number of hydrogen-bond donors (Lipinski definition) is 1. The Morgan fingerprint density at radius 1 is 1.38 bits per heavy atom. The molecule has 0 bridgehead atoms. The summed E-state index contributed by atoms with van der Waals surface area (Å²) in [5.74, 6) is 0.644. The third-order valence-electron chi connectivity index (χ3n) is 2.80. The quantitative estimate of drug-likeness (QED) is 0.453. The van der Waals surface area contributed by atoms with Gasteiger partial charge in [-0.1, -0.05) is 0 Å². The Hall–Kier alpha value is -2.74. The zero-order chi connectivity index (χ0) is 15.0. The Labute approximate surface area is 122 Å². The van der Waals surface area contributed by atoms with Gasteiger partial charge in [0, 0.05) is 12.1 Å².